The van der Waals surface area contributed by atoms with Crippen LogP contribution in [-0.4, -0.2) is 9.78 Å². The van der Waals surface area contributed by atoms with Crippen LogP contribution in [0.3, 0.4) is 0 Å². The van der Waals surface area contributed by atoms with Crippen LogP contribution in [0.2, 0.25) is 0 Å². The van der Waals surface area contributed by atoms with Crippen molar-refractivity contribution in [2.45, 2.75) is 19.4 Å². The molecule has 1 aromatic heterocycles. The first-order valence-corrected chi connectivity index (χ1v) is 6.93. The molecule has 1 unspecified atom stereocenters. The number of hydrazine groups is 1. The summed E-state index contributed by atoms with van der Waals surface area (Å²) in [7, 11) is 1.76. The first kappa shape index (κ1) is 16.0. The number of nitrogens with zero attached hydrogens (tertiary/aromatic N) is 2. The lowest BCUT2D eigenvalue weighted by Gasteiger charge is -2.17. The van der Waals surface area contributed by atoms with E-state index in [0.717, 1.165) is 28.0 Å². The molecule has 21 heavy (non-hydrogen) atoms. The first-order chi connectivity index (χ1) is 9.85. The summed E-state index contributed by atoms with van der Waals surface area (Å²) < 4.78 is 42.1. The van der Waals surface area contributed by atoms with Crippen LogP contribution in [0.5, 0.6) is 0 Å². The highest BCUT2D eigenvalue weighted by Crippen LogP contribution is 2.27. The van der Waals surface area contributed by atoms with Crippen LogP contribution in [0.4, 0.5) is 13.2 Å². The van der Waals surface area contributed by atoms with E-state index in [-0.39, 0.29) is 5.56 Å². The second-order valence-electron chi connectivity index (χ2n) is 4.69. The molecule has 114 valence electrons. The zero-order valence-electron chi connectivity index (χ0n) is 11.4. The first-order valence-electron chi connectivity index (χ1n) is 6.13. The van der Waals surface area contributed by atoms with E-state index in [2.05, 4.69) is 26.5 Å². The molecule has 0 saturated carbocycles. The van der Waals surface area contributed by atoms with Gasteiger partial charge in [0.15, 0.2) is 17.5 Å². The van der Waals surface area contributed by atoms with Crippen molar-refractivity contribution in [3.8, 4) is 0 Å². The molecule has 1 heterocycles. The van der Waals surface area contributed by atoms with Gasteiger partial charge in [0.2, 0.25) is 0 Å². The number of halogens is 4. The number of aromatic nitrogens is 2. The number of nitrogens with one attached hydrogen (secondary N) is 1. The Morgan fingerprint density at radius 3 is 2.33 bits per heavy atom. The largest absolute Gasteiger partial charge is 0.271 e. The minimum absolute atomic E-state index is 0.222. The number of nitrogens with two attached hydrogens (primary N) is 1. The van der Waals surface area contributed by atoms with Crippen molar-refractivity contribution in [1.29, 1.82) is 0 Å². The van der Waals surface area contributed by atoms with E-state index in [1.807, 2.05) is 6.92 Å². The predicted octanol–water partition coefficient (Wildman–Crippen LogP) is 2.66. The quantitative estimate of drug-likeness (QED) is 0.499. The van der Waals surface area contributed by atoms with Gasteiger partial charge in [-0.25, -0.2) is 13.2 Å². The van der Waals surface area contributed by atoms with Crippen molar-refractivity contribution in [3.63, 3.8) is 0 Å². The maximum atomic E-state index is 13.3. The molecule has 8 heteroatoms. The fourth-order valence-corrected chi connectivity index (χ4v) is 2.64. The smallest absolute Gasteiger partial charge is 0.194 e. The molecule has 0 amide bonds. The zero-order chi connectivity index (χ0) is 15.7. The van der Waals surface area contributed by atoms with Crippen molar-refractivity contribution >= 4 is 15.9 Å². The molecule has 0 saturated heterocycles. The van der Waals surface area contributed by atoms with Crippen molar-refractivity contribution in [2.75, 3.05) is 0 Å². The zero-order valence-corrected chi connectivity index (χ0v) is 13.0. The summed E-state index contributed by atoms with van der Waals surface area (Å²) in [6.45, 7) is 1.83. The average molecular weight is 363 g/mol. The van der Waals surface area contributed by atoms with Crippen LogP contribution in [-0.2, 0) is 13.5 Å². The Labute approximate surface area is 128 Å². The van der Waals surface area contributed by atoms with E-state index in [0.29, 0.717) is 6.42 Å². The van der Waals surface area contributed by atoms with E-state index in [1.165, 1.54) is 0 Å². The molecular formula is C13H14BrF3N4. The van der Waals surface area contributed by atoms with E-state index in [4.69, 9.17) is 5.84 Å². The van der Waals surface area contributed by atoms with Gasteiger partial charge in [0.05, 0.1) is 21.9 Å². The topological polar surface area (TPSA) is 55.9 Å². The van der Waals surface area contributed by atoms with Gasteiger partial charge < -0.3 is 0 Å². The summed E-state index contributed by atoms with van der Waals surface area (Å²) in [4.78, 5) is 0. The standard InChI is InChI=1S/C13H14BrF3N4/c1-6-12(14)11(21(2)20-6)5-10(19-18)7-3-8(15)13(17)9(16)4-7/h3-4,10,19H,5,18H2,1-2H3. The van der Waals surface area contributed by atoms with E-state index >= 15 is 0 Å². The molecule has 0 fully saturated rings. The maximum absolute atomic E-state index is 13.3. The lowest BCUT2D eigenvalue weighted by molar-refractivity contribution is 0.438. The number of hydrogen-bond acceptors (Lipinski definition) is 3. The third-order valence-electron chi connectivity index (χ3n) is 3.27. The van der Waals surface area contributed by atoms with Gasteiger partial charge in [-0.1, -0.05) is 0 Å². The van der Waals surface area contributed by atoms with Crippen LogP contribution in [0, 0.1) is 24.4 Å². The van der Waals surface area contributed by atoms with Gasteiger partial charge in [-0.05, 0) is 40.5 Å². The minimum atomic E-state index is -1.49. The number of benzene rings is 1. The predicted molar refractivity (Wildman–Crippen MR) is 75.7 cm³/mol. The lowest BCUT2D eigenvalue weighted by Crippen LogP contribution is -2.30. The molecule has 0 spiro atoms. The molecule has 2 aromatic rings. The molecule has 0 aliphatic carbocycles. The second kappa shape index (κ2) is 6.17. The third-order valence-corrected chi connectivity index (χ3v) is 4.30. The summed E-state index contributed by atoms with van der Waals surface area (Å²) >= 11 is 3.41. The third kappa shape index (κ3) is 3.12. The minimum Gasteiger partial charge on any atom is -0.271 e. The molecule has 2 rings (SSSR count). The van der Waals surface area contributed by atoms with Gasteiger partial charge >= 0.3 is 0 Å². The van der Waals surface area contributed by atoms with Crippen LogP contribution in [0.15, 0.2) is 16.6 Å². The SMILES string of the molecule is Cc1nn(C)c(CC(NN)c2cc(F)c(F)c(F)c2)c1Br. The highest BCUT2D eigenvalue weighted by Gasteiger charge is 2.20. The fourth-order valence-electron chi connectivity index (χ4n) is 2.14. The molecular weight excluding hydrogens is 349 g/mol. The summed E-state index contributed by atoms with van der Waals surface area (Å²) in [6, 6.07) is 1.28. The molecule has 4 nitrogen and oxygen atoms in total. The maximum Gasteiger partial charge on any atom is 0.194 e. The van der Waals surface area contributed by atoms with Gasteiger partial charge in [-0.15, -0.1) is 0 Å². The van der Waals surface area contributed by atoms with Gasteiger partial charge in [0.1, 0.15) is 0 Å². The molecule has 1 aromatic carbocycles. The summed E-state index contributed by atoms with van der Waals surface area (Å²) in [5, 5.41) is 4.23. The van der Waals surface area contributed by atoms with Crippen molar-refractivity contribution < 1.29 is 13.2 Å². The van der Waals surface area contributed by atoms with Gasteiger partial charge in [0, 0.05) is 13.5 Å². The Morgan fingerprint density at radius 2 is 1.90 bits per heavy atom. The van der Waals surface area contributed by atoms with Crippen LogP contribution < -0.4 is 11.3 Å². The molecule has 0 aliphatic rings. The van der Waals surface area contributed by atoms with Crippen molar-refractivity contribution in [2.24, 2.45) is 12.9 Å². The normalized spacial score (nSPS) is 12.7. The molecule has 1 atom stereocenters. The molecule has 0 aliphatic heterocycles. The highest BCUT2D eigenvalue weighted by molar-refractivity contribution is 9.10. The van der Waals surface area contributed by atoms with Gasteiger partial charge in [-0.2, -0.15) is 5.10 Å². The monoisotopic (exact) mass is 362 g/mol. The Morgan fingerprint density at radius 1 is 1.33 bits per heavy atom. The molecule has 0 radical (unpaired) electrons. The van der Waals surface area contributed by atoms with Crippen molar-refractivity contribution in [1.82, 2.24) is 15.2 Å². The van der Waals surface area contributed by atoms with Crippen LogP contribution in [0.1, 0.15) is 23.0 Å². The Bertz CT molecular complexity index is 649. The number of hydrogen-bond donors (Lipinski definition) is 2. The highest BCUT2D eigenvalue weighted by atomic mass is 79.9. The van der Waals surface area contributed by atoms with E-state index in [1.54, 1.807) is 11.7 Å². The van der Waals surface area contributed by atoms with Crippen LogP contribution >= 0.6 is 15.9 Å². The van der Waals surface area contributed by atoms with Crippen LogP contribution in [0.25, 0.3) is 0 Å². The van der Waals surface area contributed by atoms with E-state index in [9.17, 15) is 13.2 Å². The summed E-state index contributed by atoms with van der Waals surface area (Å²) in [6.07, 6.45) is 0.332. The Balaban J connectivity index is 2.36. The number of aryl methyl sites for hydroxylation is 2. The molecule has 3 N–H and O–H groups in total. The lowest BCUT2D eigenvalue weighted by atomic mass is 10.0. The Kier molecular flexibility index (Phi) is 4.70. The summed E-state index contributed by atoms with van der Waals surface area (Å²) in [5.74, 6) is 1.48. The van der Waals surface area contributed by atoms with Gasteiger partial charge in [-0.3, -0.25) is 16.0 Å². The summed E-state index contributed by atoms with van der Waals surface area (Å²) in [5.41, 5.74) is 4.31. The van der Waals surface area contributed by atoms with Gasteiger partial charge in [0.25, 0.3) is 0 Å². The Hall–Kier alpha value is -1.38. The number of rotatable bonds is 4. The van der Waals surface area contributed by atoms with Crippen molar-refractivity contribution in [3.05, 3.63) is 51.0 Å². The fraction of sp³-hybridized carbons (Fsp3) is 0.308. The molecule has 0 bridgehead atoms. The second-order valence-corrected chi connectivity index (χ2v) is 5.48. The average Bonchev–Trinajstić information content (AvgIpc) is 2.67. The van der Waals surface area contributed by atoms with E-state index < -0.39 is 23.5 Å².